The molecule has 0 unspecified atom stereocenters. The van der Waals surface area contributed by atoms with E-state index in [1.165, 1.54) is 18.3 Å². The molecule has 29 heavy (non-hydrogen) atoms. The molecule has 0 saturated heterocycles. The first-order valence-corrected chi connectivity index (χ1v) is 9.86. The van der Waals surface area contributed by atoms with Gasteiger partial charge in [0.2, 0.25) is 5.75 Å². The second kappa shape index (κ2) is 9.68. The Morgan fingerprint density at radius 3 is 2.45 bits per heavy atom. The summed E-state index contributed by atoms with van der Waals surface area (Å²) in [4.78, 5) is 12.5. The molecule has 0 atom stereocenters. The number of rotatable bonds is 8. The van der Waals surface area contributed by atoms with Crippen LogP contribution in [0.1, 0.15) is 54.4 Å². The molecule has 5 nitrogen and oxygen atoms in total. The molecule has 0 aliphatic heterocycles. The van der Waals surface area contributed by atoms with Crippen molar-refractivity contribution in [2.45, 2.75) is 60.0 Å². The number of allylic oxidation sites excluding steroid dienone is 3. The van der Waals surface area contributed by atoms with Gasteiger partial charge in [-0.15, -0.1) is 0 Å². The SMILES string of the molecule is COc1c(OC/C=C(\C)CCC=C(C)C)c(=O)oc2cc(OC(C)(C)C)ccc12. The first kappa shape index (κ1) is 22.6. The van der Waals surface area contributed by atoms with Gasteiger partial charge in [-0.25, -0.2) is 4.79 Å². The second-order valence-corrected chi connectivity index (χ2v) is 8.31. The predicted molar refractivity (Wildman–Crippen MR) is 117 cm³/mol. The predicted octanol–water partition coefficient (Wildman–Crippen LogP) is 6.05. The maximum absolute atomic E-state index is 12.5. The number of benzene rings is 1. The summed E-state index contributed by atoms with van der Waals surface area (Å²) in [6.07, 6.45) is 6.12. The van der Waals surface area contributed by atoms with Crippen LogP contribution in [0.4, 0.5) is 0 Å². The molecule has 1 heterocycles. The van der Waals surface area contributed by atoms with Gasteiger partial charge in [0.15, 0.2) is 5.75 Å². The Kier molecular flexibility index (Phi) is 7.54. The lowest BCUT2D eigenvalue weighted by molar-refractivity contribution is 0.131. The lowest BCUT2D eigenvalue weighted by Gasteiger charge is -2.21. The summed E-state index contributed by atoms with van der Waals surface area (Å²) in [5.74, 6) is 1.07. The highest BCUT2D eigenvalue weighted by Crippen LogP contribution is 2.34. The molecule has 0 N–H and O–H groups in total. The van der Waals surface area contributed by atoms with E-state index >= 15 is 0 Å². The summed E-state index contributed by atoms with van der Waals surface area (Å²) < 4.78 is 22.5. The Hall–Kier alpha value is -2.69. The molecule has 0 fully saturated rings. The van der Waals surface area contributed by atoms with Crippen molar-refractivity contribution in [2.75, 3.05) is 13.7 Å². The van der Waals surface area contributed by atoms with Crippen LogP contribution in [0, 0.1) is 0 Å². The number of fused-ring (bicyclic) bond motifs is 1. The van der Waals surface area contributed by atoms with Crippen LogP contribution in [-0.4, -0.2) is 19.3 Å². The summed E-state index contributed by atoms with van der Waals surface area (Å²) in [6, 6.07) is 5.33. The van der Waals surface area contributed by atoms with E-state index in [1.54, 1.807) is 6.07 Å². The minimum absolute atomic E-state index is 0.0813. The molecule has 158 valence electrons. The van der Waals surface area contributed by atoms with Crippen LogP contribution in [0.2, 0.25) is 0 Å². The van der Waals surface area contributed by atoms with Crippen molar-refractivity contribution < 1.29 is 18.6 Å². The Balaban J connectivity index is 2.23. The van der Waals surface area contributed by atoms with Crippen LogP contribution in [0.15, 0.2) is 50.7 Å². The lowest BCUT2D eigenvalue weighted by Crippen LogP contribution is -2.22. The third kappa shape index (κ3) is 6.70. The van der Waals surface area contributed by atoms with Crippen molar-refractivity contribution in [2.24, 2.45) is 0 Å². The van der Waals surface area contributed by atoms with E-state index in [0.717, 1.165) is 12.8 Å². The standard InChI is InChI=1S/C24H32O5/c1-16(2)9-8-10-17(3)13-14-27-22-21(26-7)19-12-11-18(29-24(4,5)6)15-20(19)28-23(22)25/h9,11-13,15H,8,10,14H2,1-7H3/b17-13+. The zero-order chi connectivity index (χ0) is 21.6. The van der Waals surface area contributed by atoms with Gasteiger partial charge in [0.05, 0.1) is 12.5 Å². The molecule has 0 spiro atoms. The van der Waals surface area contributed by atoms with Crippen LogP contribution in [0.3, 0.4) is 0 Å². The number of methoxy groups -OCH3 is 1. The molecule has 0 radical (unpaired) electrons. The summed E-state index contributed by atoms with van der Waals surface area (Å²) in [5, 5.41) is 0.660. The van der Waals surface area contributed by atoms with Crippen molar-refractivity contribution in [1.82, 2.24) is 0 Å². The first-order chi connectivity index (χ1) is 13.6. The van der Waals surface area contributed by atoms with Crippen LogP contribution in [0.25, 0.3) is 11.0 Å². The van der Waals surface area contributed by atoms with Crippen LogP contribution >= 0.6 is 0 Å². The summed E-state index contributed by atoms with van der Waals surface area (Å²) in [5.41, 5.74) is 1.99. The van der Waals surface area contributed by atoms with Crippen molar-refractivity contribution in [3.05, 3.63) is 51.9 Å². The van der Waals surface area contributed by atoms with Crippen molar-refractivity contribution in [1.29, 1.82) is 0 Å². The van der Waals surface area contributed by atoms with Crippen LogP contribution in [0.5, 0.6) is 17.2 Å². The van der Waals surface area contributed by atoms with Gasteiger partial charge in [0.25, 0.3) is 0 Å². The zero-order valence-corrected chi connectivity index (χ0v) is 18.5. The summed E-state index contributed by atoms with van der Waals surface area (Å²) >= 11 is 0. The van der Waals surface area contributed by atoms with E-state index in [9.17, 15) is 4.79 Å². The topological polar surface area (TPSA) is 57.9 Å². The zero-order valence-electron chi connectivity index (χ0n) is 18.5. The first-order valence-electron chi connectivity index (χ1n) is 9.86. The lowest BCUT2D eigenvalue weighted by atomic mass is 10.1. The fourth-order valence-electron chi connectivity index (χ4n) is 2.84. The van der Waals surface area contributed by atoms with E-state index in [1.807, 2.05) is 39.0 Å². The summed E-state index contributed by atoms with van der Waals surface area (Å²) in [7, 11) is 1.52. The Bertz CT molecular complexity index is 954. The Morgan fingerprint density at radius 1 is 1.10 bits per heavy atom. The van der Waals surface area contributed by atoms with Gasteiger partial charge >= 0.3 is 5.63 Å². The molecular weight excluding hydrogens is 368 g/mol. The highest BCUT2D eigenvalue weighted by molar-refractivity contribution is 5.86. The summed E-state index contributed by atoms with van der Waals surface area (Å²) in [6.45, 7) is 12.4. The van der Waals surface area contributed by atoms with E-state index < -0.39 is 5.63 Å². The molecule has 0 bridgehead atoms. The second-order valence-electron chi connectivity index (χ2n) is 8.31. The van der Waals surface area contributed by atoms with Gasteiger partial charge in [-0.1, -0.05) is 17.2 Å². The van der Waals surface area contributed by atoms with Crippen molar-refractivity contribution >= 4 is 11.0 Å². The highest BCUT2D eigenvalue weighted by Gasteiger charge is 2.19. The molecule has 0 amide bonds. The van der Waals surface area contributed by atoms with Gasteiger partial charge < -0.3 is 18.6 Å². The number of hydrogen-bond donors (Lipinski definition) is 0. The van der Waals surface area contributed by atoms with Gasteiger partial charge in [-0.3, -0.25) is 0 Å². The average molecular weight is 401 g/mol. The van der Waals surface area contributed by atoms with Crippen LogP contribution in [-0.2, 0) is 0 Å². The van der Waals surface area contributed by atoms with Crippen LogP contribution < -0.4 is 19.8 Å². The van der Waals surface area contributed by atoms with Crippen molar-refractivity contribution in [3.63, 3.8) is 0 Å². The van der Waals surface area contributed by atoms with Gasteiger partial charge in [-0.05, 0) is 72.6 Å². The average Bonchev–Trinajstić information content (AvgIpc) is 2.60. The van der Waals surface area contributed by atoms with Gasteiger partial charge in [0, 0.05) is 6.07 Å². The molecule has 1 aromatic carbocycles. The molecule has 5 heteroatoms. The molecule has 0 saturated carbocycles. The quantitative estimate of drug-likeness (QED) is 0.399. The molecule has 0 aliphatic carbocycles. The van der Waals surface area contributed by atoms with Crippen molar-refractivity contribution in [3.8, 4) is 17.2 Å². The van der Waals surface area contributed by atoms with Gasteiger partial charge in [0.1, 0.15) is 23.5 Å². The molecule has 2 rings (SSSR count). The van der Waals surface area contributed by atoms with Gasteiger partial charge in [-0.2, -0.15) is 0 Å². The normalized spacial score (nSPS) is 12.0. The minimum atomic E-state index is -0.571. The third-order valence-electron chi connectivity index (χ3n) is 4.17. The van der Waals surface area contributed by atoms with E-state index in [0.29, 0.717) is 22.5 Å². The monoisotopic (exact) mass is 400 g/mol. The molecule has 1 aromatic heterocycles. The molecular formula is C24H32O5. The van der Waals surface area contributed by atoms with E-state index in [2.05, 4.69) is 26.8 Å². The maximum Gasteiger partial charge on any atom is 0.383 e. The fraction of sp³-hybridized carbons (Fsp3) is 0.458. The van der Waals surface area contributed by atoms with E-state index in [-0.39, 0.29) is 18.0 Å². The maximum atomic E-state index is 12.5. The number of ether oxygens (including phenoxy) is 3. The molecule has 2 aromatic rings. The number of hydrogen-bond acceptors (Lipinski definition) is 5. The Labute approximate surface area is 173 Å². The smallest absolute Gasteiger partial charge is 0.383 e. The molecule has 0 aliphatic rings. The highest BCUT2D eigenvalue weighted by atomic mass is 16.5. The Morgan fingerprint density at radius 2 is 1.83 bits per heavy atom. The van der Waals surface area contributed by atoms with E-state index in [4.69, 9.17) is 18.6 Å². The minimum Gasteiger partial charge on any atom is -0.492 e. The fourth-order valence-corrected chi connectivity index (χ4v) is 2.84. The largest absolute Gasteiger partial charge is 0.492 e. The third-order valence-corrected chi connectivity index (χ3v) is 4.17.